The number of nitrogens with two attached hydrogens (primary N) is 1. The van der Waals surface area contributed by atoms with E-state index in [0.29, 0.717) is 17.4 Å². The van der Waals surface area contributed by atoms with Gasteiger partial charge in [0.2, 0.25) is 5.88 Å². The quantitative estimate of drug-likeness (QED) is 0.635. The number of nitrogens with zero attached hydrogens (tertiary/aromatic N) is 1. The van der Waals surface area contributed by atoms with Crippen molar-refractivity contribution in [2.75, 3.05) is 24.7 Å². The maximum atomic E-state index is 9.10. The number of pyridine rings is 1. The predicted molar refractivity (Wildman–Crippen MR) is 64.6 cm³/mol. The number of hydrogen-bond donors (Lipinski definition) is 3. The molecule has 1 atom stereocenters. The van der Waals surface area contributed by atoms with Gasteiger partial charge in [0.1, 0.15) is 0 Å². The Morgan fingerprint density at radius 2 is 2.31 bits per heavy atom. The van der Waals surface area contributed by atoms with Crippen LogP contribution in [0.1, 0.15) is 19.8 Å². The smallest absolute Gasteiger partial charge is 0.215 e. The molecule has 0 fully saturated rings. The lowest BCUT2D eigenvalue weighted by Gasteiger charge is -2.10. The summed E-state index contributed by atoms with van der Waals surface area (Å²) in [6.07, 6.45) is 1.37. The van der Waals surface area contributed by atoms with Gasteiger partial charge in [0.15, 0.2) is 5.82 Å². The highest BCUT2D eigenvalue weighted by molar-refractivity contribution is 5.61. The third-order valence-corrected chi connectivity index (χ3v) is 2.20. The zero-order valence-corrected chi connectivity index (χ0v) is 9.73. The van der Waals surface area contributed by atoms with Crippen molar-refractivity contribution in [3.8, 4) is 5.88 Å². The number of aliphatic hydroxyl groups is 1. The highest BCUT2D eigenvalue weighted by Crippen LogP contribution is 2.19. The maximum Gasteiger partial charge on any atom is 0.215 e. The molecule has 1 heterocycles. The normalized spacial score (nSPS) is 12.2. The fourth-order valence-electron chi connectivity index (χ4n) is 1.31. The van der Waals surface area contributed by atoms with Gasteiger partial charge in [-0.25, -0.2) is 0 Å². The van der Waals surface area contributed by atoms with Crippen LogP contribution in [0.4, 0.5) is 11.5 Å². The topological polar surface area (TPSA) is 80.4 Å². The Kier molecular flexibility index (Phi) is 4.85. The van der Waals surface area contributed by atoms with Crippen LogP contribution in [0, 0.1) is 0 Å². The minimum atomic E-state index is -0.266. The fourth-order valence-corrected chi connectivity index (χ4v) is 1.31. The van der Waals surface area contributed by atoms with Crippen molar-refractivity contribution in [1.82, 2.24) is 4.98 Å². The second-order valence-electron chi connectivity index (χ2n) is 3.71. The molecule has 0 bridgehead atoms. The van der Waals surface area contributed by atoms with Gasteiger partial charge < -0.3 is 20.9 Å². The SMILES string of the molecule is COc1ccc(N)c(NCCCC(C)O)n1. The third kappa shape index (κ3) is 3.94. The summed E-state index contributed by atoms with van der Waals surface area (Å²) in [6, 6.07) is 3.47. The van der Waals surface area contributed by atoms with Gasteiger partial charge in [-0.3, -0.25) is 0 Å². The highest BCUT2D eigenvalue weighted by atomic mass is 16.5. The highest BCUT2D eigenvalue weighted by Gasteiger charge is 2.02. The van der Waals surface area contributed by atoms with Crippen LogP contribution in [0.15, 0.2) is 12.1 Å². The number of nitrogen functional groups attached to an aromatic ring is 1. The molecule has 1 aromatic rings. The van der Waals surface area contributed by atoms with Crippen molar-refractivity contribution in [3.63, 3.8) is 0 Å². The molecular formula is C11H19N3O2. The van der Waals surface area contributed by atoms with Crippen molar-refractivity contribution >= 4 is 11.5 Å². The molecule has 1 rings (SSSR count). The van der Waals surface area contributed by atoms with Gasteiger partial charge in [-0.2, -0.15) is 4.98 Å². The Labute approximate surface area is 95.6 Å². The van der Waals surface area contributed by atoms with Crippen LogP contribution in [0.5, 0.6) is 5.88 Å². The van der Waals surface area contributed by atoms with Crippen molar-refractivity contribution in [2.24, 2.45) is 0 Å². The lowest BCUT2D eigenvalue weighted by molar-refractivity contribution is 0.183. The number of anilines is 2. The molecule has 0 saturated carbocycles. The van der Waals surface area contributed by atoms with Crippen LogP contribution < -0.4 is 15.8 Å². The first-order valence-corrected chi connectivity index (χ1v) is 5.36. The van der Waals surface area contributed by atoms with Crippen molar-refractivity contribution in [2.45, 2.75) is 25.9 Å². The first-order valence-electron chi connectivity index (χ1n) is 5.36. The molecule has 0 aliphatic rings. The molecule has 0 aliphatic heterocycles. The van der Waals surface area contributed by atoms with Crippen LogP contribution >= 0.6 is 0 Å². The minimum absolute atomic E-state index is 0.266. The standard InChI is InChI=1S/C11H19N3O2/c1-8(15)4-3-7-13-11-9(12)5-6-10(14-11)16-2/h5-6,8,15H,3-4,7,12H2,1-2H3,(H,13,14). The lowest BCUT2D eigenvalue weighted by Crippen LogP contribution is -2.09. The summed E-state index contributed by atoms with van der Waals surface area (Å²) in [7, 11) is 1.57. The Balaban J connectivity index is 2.46. The van der Waals surface area contributed by atoms with E-state index < -0.39 is 0 Å². The Morgan fingerprint density at radius 1 is 1.56 bits per heavy atom. The summed E-state index contributed by atoms with van der Waals surface area (Å²) in [5, 5.41) is 12.2. The molecule has 0 radical (unpaired) electrons. The second kappa shape index (κ2) is 6.17. The molecular weight excluding hydrogens is 206 g/mol. The van der Waals surface area contributed by atoms with Gasteiger partial charge in [-0.05, 0) is 25.8 Å². The van der Waals surface area contributed by atoms with E-state index in [-0.39, 0.29) is 6.10 Å². The van der Waals surface area contributed by atoms with Crippen LogP contribution in [0.3, 0.4) is 0 Å². The first kappa shape index (κ1) is 12.6. The molecule has 16 heavy (non-hydrogen) atoms. The van der Waals surface area contributed by atoms with Gasteiger partial charge in [-0.1, -0.05) is 0 Å². The van der Waals surface area contributed by atoms with Gasteiger partial charge >= 0.3 is 0 Å². The largest absolute Gasteiger partial charge is 0.481 e. The minimum Gasteiger partial charge on any atom is -0.481 e. The van der Waals surface area contributed by atoms with Crippen molar-refractivity contribution < 1.29 is 9.84 Å². The fraction of sp³-hybridized carbons (Fsp3) is 0.545. The number of nitrogens with one attached hydrogen (secondary N) is 1. The van der Waals surface area contributed by atoms with Gasteiger partial charge in [-0.15, -0.1) is 0 Å². The van der Waals surface area contributed by atoms with E-state index in [4.69, 9.17) is 15.6 Å². The summed E-state index contributed by atoms with van der Waals surface area (Å²) in [6.45, 7) is 2.51. The summed E-state index contributed by atoms with van der Waals surface area (Å²) in [4.78, 5) is 4.19. The van der Waals surface area contributed by atoms with E-state index >= 15 is 0 Å². The second-order valence-corrected chi connectivity index (χ2v) is 3.71. The first-order chi connectivity index (χ1) is 7.63. The van der Waals surface area contributed by atoms with E-state index in [9.17, 15) is 0 Å². The number of hydrogen-bond acceptors (Lipinski definition) is 5. The van der Waals surface area contributed by atoms with Crippen molar-refractivity contribution in [1.29, 1.82) is 0 Å². The third-order valence-electron chi connectivity index (χ3n) is 2.20. The Bertz CT molecular complexity index is 329. The number of methoxy groups -OCH3 is 1. The number of ether oxygens (including phenoxy) is 1. The van der Waals surface area contributed by atoms with E-state index in [2.05, 4.69) is 10.3 Å². The molecule has 0 aliphatic carbocycles. The van der Waals surface area contributed by atoms with Crippen LogP contribution in [0.25, 0.3) is 0 Å². The summed E-state index contributed by atoms with van der Waals surface area (Å²) >= 11 is 0. The summed E-state index contributed by atoms with van der Waals surface area (Å²) in [5.74, 6) is 1.16. The van der Waals surface area contributed by atoms with Gasteiger partial charge in [0, 0.05) is 12.6 Å². The number of aromatic nitrogens is 1. The lowest BCUT2D eigenvalue weighted by atomic mass is 10.2. The average Bonchev–Trinajstić information content (AvgIpc) is 2.26. The van der Waals surface area contributed by atoms with Gasteiger partial charge in [0.25, 0.3) is 0 Å². The van der Waals surface area contributed by atoms with E-state index in [1.165, 1.54) is 0 Å². The average molecular weight is 225 g/mol. The molecule has 90 valence electrons. The van der Waals surface area contributed by atoms with Crippen LogP contribution in [0.2, 0.25) is 0 Å². The Hall–Kier alpha value is -1.49. The molecule has 0 aromatic carbocycles. The molecule has 0 amide bonds. The molecule has 1 unspecified atom stereocenters. The molecule has 4 N–H and O–H groups in total. The molecule has 0 spiro atoms. The summed E-state index contributed by atoms with van der Waals surface area (Å²) < 4.78 is 5.01. The van der Waals surface area contributed by atoms with Gasteiger partial charge in [0.05, 0.1) is 18.9 Å². The predicted octanol–water partition coefficient (Wildman–Crippen LogP) is 1.25. The molecule has 5 nitrogen and oxygen atoms in total. The Morgan fingerprint density at radius 3 is 2.94 bits per heavy atom. The summed E-state index contributed by atoms with van der Waals surface area (Å²) in [5.41, 5.74) is 6.35. The van der Waals surface area contributed by atoms with Crippen molar-refractivity contribution in [3.05, 3.63) is 12.1 Å². The molecule has 1 aromatic heterocycles. The number of rotatable bonds is 6. The van der Waals surface area contributed by atoms with Crippen LogP contribution in [-0.4, -0.2) is 29.8 Å². The zero-order chi connectivity index (χ0) is 12.0. The van der Waals surface area contributed by atoms with Crippen LogP contribution in [-0.2, 0) is 0 Å². The van der Waals surface area contributed by atoms with E-state index in [0.717, 1.165) is 19.4 Å². The zero-order valence-electron chi connectivity index (χ0n) is 9.73. The molecule has 5 heteroatoms. The monoisotopic (exact) mass is 225 g/mol. The maximum absolute atomic E-state index is 9.10. The molecule has 0 saturated heterocycles. The van der Waals surface area contributed by atoms with E-state index in [1.54, 1.807) is 26.2 Å². The van der Waals surface area contributed by atoms with E-state index in [1.807, 2.05) is 0 Å². The number of aliphatic hydroxyl groups excluding tert-OH is 1.